The number of piperidine rings is 1. The van der Waals surface area contributed by atoms with Gasteiger partial charge in [-0.3, -0.25) is 9.56 Å². The Hall–Kier alpha value is -3.34. The standard InChI is InChI=1S/C36H39N2O3P/c39-42(40-27-29-13-5-1-6-14-29,41-28-30-15-7-2-8-16-30)36(34-23-26-38-24-21-31(34)22-25-38)37-35(32-17-9-3-10-18-32)33-19-11-4-12-20-33/h1-20,31,34,36H,21-28H2/t34?,36-/m0/s1. The highest BCUT2D eigenvalue weighted by molar-refractivity contribution is 7.54. The molecule has 7 rings (SSSR count). The molecule has 0 aliphatic carbocycles. The third kappa shape index (κ3) is 6.99. The maximum Gasteiger partial charge on any atom is 0.355 e. The molecule has 0 saturated carbocycles. The minimum Gasteiger partial charge on any atom is -0.303 e. The molecule has 0 N–H and O–H groups in total. The van der Waals surface area contributed by atoms with E-state index in [0.29, 0.717) is 5.92 Å². The van der Waals surface area contributed by atoms with E-state index in [1.165, 1.54) is 0 Å². The van der Waals surface area contributed by atoms with Crippen LogP contribution in [0.4, 0.5) is 0 Å². The number of fused-ring (bicyclic) bond motifs is 4. The second kappa shape index (κ2) is 13.8. The summed E-state index contributed by atoms with van der Waals surface area (Å²) >= 11 is 0. The van der Waals surface area contributed by atoms with E-state index in [-0.39, 0.29) is 19.1 Å². The molecule has 4 aromatic carbocycles. The monoisotopic (exact) mass is 578 g/mol. The largest absolute Gasteiger partial charge is 0.355 e. The molecule has 0 aromatic heterocycles. The summed E-state index contributed by atoms with van der Waals surface area (Å²) in [6.07, 6.45) is 3.09. The average Bonchev–Trinajstić information content (AvgIpc) is 3.39. The van der Waals surface area contributed by atoms with Crippen molar-refractivity contribution in [3.63, 3.8) is 0 Å². The highest BCUT2D eigenvalue weighted by Gasteiger charge is 2.47. The Morgan fingerprint density at radius 1 is 0.667 bits per heavy atom. The van der Waals surface area contributed by atoms with Gasteiger partial charge in [-0.2, -0.15) is 0 Å². The molecule has 0 radical (unpaired) electrons. The van der Waals surface area contributed by atoms with Crippen LogP contribution in [-0.2, 0) is 26.8 Å². The first-order chi connectivity index (χ1) is 20.7. The summed E-state index contributed by atoms with van der Waals surface area (Å²) in [4.78, 5) is 8.02. The molecule has 2 bridgehead atoms. The first kappa shape index (κ1) is 28.8. The Balaban J connectivity index is 1.46. The van der Waals surface area contributed by atoms with Gasteiger partial charge in [-0.05, 0) is 61.9 Å². The normalized spacial score (nSPS) is 20.9. The summed E-state index contributed by atoms with van der Waals surface area (Å²) < 4.78 is 28.4. The lowest BCUT2D eigenvalue weighted by molar-refractivity contribution is 0.162. The average molecular weight is 579 g/mol. The number of rotatable bonds is 11. The zero-order valence-corrected chi connectivity index (χ0v) is 24.9. The van der Waals surface area contributed by atoms with E-state index in [1.54, 1.807) is 0 Å². The van der Waals surface area contributed by atoms with Crippen molar-refractivity contribution in [2.24, 2.45) is 16.8 Å². The lowest BCUT2D eigenvalue weighted by Crippen LogP contribution is -2.33. The van der Waals surface area contributed by atoms with Crippen LogP contribution in [0.5, 0.6) is 0 Å². The van der Waals surface area contributed by atoms with Crippen molar-refractivity contribution in [1.82, 2.24) is 4.90 Å². The molecule has 5 nitrogen and oxygen atoms in total. The molecule has 6 heteroatoms. The molecule has 4 aromatic rings. The minimum absolute atomic E-state index is 0.0808. The highest BCUT2D eigenvalue weighted by Crippen LogP contribution is 2.60. The van der Waals surface area contributed by atoms with Gasteiger partial charge in [0.15, 0.2) is 5.78 Å². The molecule has 3 heterocycles. The van der Waals surface area contributed by atoms with Gasteiger partial charge in [0.05, 0.1) is 18.9 Å². The summed E-state index contributed by atoms with van der Waals surface area (Å²) in [5.74, 6) is -0.139. The van der Waals surface area contributed by atoms with Crippen molar-refractivity contribution >= 4 is 13.3 Å². The maximum atomic E-state index is 15.4. The van der Waals surface area contributed by atoms with Gasteiger partial charge in [-0.1, -0.05) is 121 Å². The third-order valence-electron chi connectivity index (χ3n) is 8.59. The summed E-state index contributed by atoms with van der Waals surface area (Å²) in [6.45, 7) is 3.56. The fourth-order valence-corrected chi connectivity index (χ4v) is 8.43. The van der Waals surface area contributed by atoms with E-state index < -0.39 is 13.4 Å². The number of hydrogen-bond acceptors (Lipinski definition) is 5. The van der Waals surface area contributed by atoms with Crippen LogP contribution in [0.15, 0.2) is 126 Å². The fraction of sp³-hybridized carbons (Fsp3) is 0.306. The van der Waals surface area contributed by atoms with Gasteiger partial charge in [0, 0.05) is 11.1 Å². The van der Waals surface area contributed by atoms with Gasteiger partial charge in [-0.25, -0.2) is 0 Å². The van der Waals surface area contributed by atoms with Gasteiger partial charge in [0.1, 0.15) is 0 Å². The van der Waals surface area contributed by atoms with Gasteiger partial charge >= 0.3 is 7.60 Å². The molecule has 216 valence electrons. The molecule has 42 heavy (non-hydrogen) atoms. The first-order valence-corrected chi connectivity index (χ1v) is 16.7. The molecule has 0 spiro atoms. The van der Waals surface area contributed by atoms with Crippen LogP contribution in [0.1, 0.15) is 41.5 Å². The second-order valence-corrected chi connectivity index (χ2v) is 13.4. The van der Waals surface area contributed by atoms with Crippen molar-refractivity contribution in [2.75, 3.05) is 19.6 Å². The number of nitrogens with zero attached hydrogens (tertiary/aromatic N) is 2. The van der Waals surface area contributed by atoms with Crippen LogP contribution >= 0.6 is 7.60 Å². The van der Waals surface area contributed by atoms with Crippen molar-refractivity contribution in [1.29, 1.82) is 0 Å². The second-order valence-electron chi connectivity index (χ2n) is 11.3. The van der Waals surface area contributed by atoms with E-state index in [1.807, 2.05) is 97.1 Å². The molecule has 3 saturated heterocycles. The van der Waals surface area contributed by atoms with E-state index in [0.717, 1.165) is 66.9 Å². The summed E-state index contributed by atoms with van der Waals surface area (Å²) in [5, 5.41) is 0. The topological polar surface area (TPSA) is 51.1 Å². The lowest BCUT2D eigenvalue weighted by atomic mass is 9.84. The van der Waals surface area contributed by atoms with E-state index >= 15 is 4.57 Å². The Bertz CT molecular complexity index is 1380. The van der Waals surface area contributed by atoms with Gasteiger partial charge < -0.3 is 13.9 Å². The Labute approximate surface area is 249 Å². The third-order valence-corrected chi connectivity index (χ3v) is 10.7. The van der Waals surface area contributed by atoms with Crippen LogP contribution in [0.25, 0.3) is 0 Å². The van der Waals surface area contributed by atoms with Crippen LogP contribution in [0.2, 0.25) is 0 Å². The fourth-order valence-electron chi connectivity index (χ4n) is 6.27. The quantitative estimate of drug-likeness (QED) is 0.133. The Morgan fingerprint density at radius 3 is 1.57 bits per heavy atom. The minimum atomic E-state index is -3.78. The SMILES string of the molecule is O=P(OCc1ccccc1)(OCc1ccccc1)[C@H](N=C(c1ccccc1)c1ccccc1)C1CCN2CCC1CC2. The maximum absolute atomic E-state index is 15.4. The zero-order chi connectivity index (χ0) is 28.6. The van der Waals surface area contributed by atoms with Crippen molar-refractivity contribution in [3.8, 4) is 0 Å². The number of aliphatic imine (C=N–C) groups is 1. The molecule has 2 atom stereocenters. The smallest absolute Gasteiger partial charge is 0.303 e. The highest BCUT2D eigenvalue weighted by atomic mass is 31.2. The Morgan fingerprint density at radius 2 is 1.10 bits per heavy atom. The van der Waals surface area contributed by atoms with Crippen molar-refractivity contribution < 1.29 is 13.6 Å². The Kier molecular flexibility index (Phi) is 9.42. The molecular formula is C36H39N2O3P. The molecule has 3 fully saturated rings. The van der Waals surface area contributed by atoms with Crippen LogP contribution < -0.4 is 0 Å². The van der Waals surface area contributed by atoms with Crippen molar-refractivity contribution in [3.05, 3.63) is 144 Å². The van der Waals surface area contributed by atoms with Gasteiger partial charge in [0.2, 0.25) is 0 Å². The van der Waals surface area contributed by atoms with Crippen LogP contribution in [-0.4, -0.2) is 36.0 Å². The lowest BCUT2D eigenvalue weighted by Gasteiger charge is -2.35. The van der Waals surface area contributed by atoms with Gasteiger partial charge in [-0.15, -0.1) is 0 Å². The summed E-state index contributed by atoms with van der Waals surface area (Å²) in [6, 6.07) is 40.3. The predicted octanol–water partition coefficient (Wildman–Crippen LogP) is 8.21. The molecular weight excluding hydrogens is 539 g/mol. The van der Waals surface area contributed by atoms with Crippen LogP contribution in [0, 0.1) is 11.8 Å². The van der Waals surface area contributed by atoms with E-state index in [2.05, 4.69) is 29.2 Å². The van der Waals surface area contributed by atoms with Crippen molar-refractivity contribution in [2.45, 2.75) is 38.3 Å². The van der Waals surface area contributed by atoms with E-state index in [9.17, 15) is 0 Å². The molecule has 3 aliphatic rings. The molecule has 0 amide bonds. The number of hydrogen-bond donors (Lipinski definition) is 0. The predicted molar refractivity (Wildman–Crippen MR) is 170 cm³/mol. The van der Waals surface area contributed by atoms with Gasteiger partial charge in [0.25, 0.3) is 0 Å². The van der Waals surface area contributed by atoms with Crippen LogP contribution in [0.3, 0.4) is 0 Å². The zero-order valence-electron chi connectivity index (χ0n) is 24.0. The molecule has 3 aliphatic heterocycles. The first-order valence-electron chi connectivity index (χ1n) is 15.1. The number of benzene rings is 4. The van der Waals surface area contributed by atoms with E-state index in [4.69, 9.17) is 14.0 Å². The molecule has 1 unspecified atom stereocenters. The summed E-state index contributed by atoms with van der Waals surface area (Å²) in [5.41, 5.74) is 4.74. The summed E-state index contributed by atoms with van der Waals surface area (Å²) in [7, 11) is -3.78.